The molecular weight excluding hydrogens is 364 g/mol. The zero-order valence-corrected chi connectivity index (χ0v) is 16.1. The lowest BCUT2D eigenvalue weighted by atomic mass is 10.0. The van der Waals surface area contributed by atoms with Crippen molar-refractivity contribution in [1.29, 1.82) is 0 Å². The van der Waals surface area contributed by atoms with Crippen molar-refractivity contribution in [3.8, 4) is 34.8 Å². The number of hydrogen-bond acceptors (Lipinski definition) is 1. The quantitative estimate of drug-likeness (QED) is 0.315. The van der Waals surface area contributed by atoms with Crippen LogP contribution in [0.1, 0.15) is 38.2 Å². The summed E-state index contributed by atoms with van der Waals surface area (Å²) in [6.45, 7) is 0. The molecule has 0 N–H and O–H groups in total. The zero-order chi connectivity index (χ0) is 20.3. The van der Waals surface area contributed by atoms with Gasteiger partial charge in [-0.25, -0.2) is 0 Å². The van der Waals surface area contributed by atoms with Gasteiger partial charge in [-0.3, -0.25) is 4.79 Å². The molecule has 0 saturated carbocycles. The van der Waals surface area contributed by atoms with Crippen LogP contribution in [0.2, 0.25) is 0 Å². The van der Waals surface area contributed by atoms with Crippen LogP contribution in [0.15, 0.2) is 97.1 Å². The van der Waals surface area contributed by atoms with Crippen LogP contribution in [0.3, 0.4) is 0 Å². The summed E-state index contributed by atoms with van der Waals surface area (Å²) < 4.78 is 0. The minimum absolute atomic E-state index is 0.0603. The van der Waals surface area contributed by atoms with Crippen LogP contribution in [0.4, 0.5) is 0 Å². The van der Waals surface area contributed by atoms with Crippen LogP contribution in [0.25, 0.3) is 11.1 Å². The lowest BCUT2D eigenvalue weighted by molar-refractivity contribution is 0.104. The first-order valence-electron chi connectivity index (χ1n) is 9.75. The molecule has 0 aliphatic heterocycles. The van der Waals surface area contributed by atoms with E-state index in [0.717, 1.165) is 44.5 Å². The van der Waals surface area contributed by atoms with Gasteiger partial charge in [-0.2, -0.15) is 0 Å². The Morgan fingerprint density at radius 3 is 1.23 bits per heavy atom. The summed E-state index contributed by atoms with van der Waals surface area (Å²) in [5.74, 6) is 12.8. The number of benzene rings is 4. The molecule has 1 heteroatoms. The number of hydrogen-bond donors (Lipinski definition) is 0. The van der Waals surface area contributed by atoms with Crippen molar-refractivity contribution in [3.05, 3.63) is 130 Å². The van der Waals surface area contributed by atoms with E-state index < -0.39 is 0 Å². The highest BCUT2D eigenvalue weighted by Crippen LogP contribution is 2.37. The van der Waals surface area contributed by atoms with Gasteiger partial charge in [-0.15, -0.1) is 0 Å². The van der Waals surface area contributed by atoms with Gasteiger partial charge >= 0.3 is 0 Å². The second-order valence-corrected chi connectivity index (χ2v) is 7.08. The first kappa shape index (κ1) is 17.7. The largest absolute Gasteiger partial charge is 0.289 e. The molecule has 0 amide bonds. The molecule has 0 radical (unpaired) electrons. The van der Waals surface area contributed by atoms with E-state index in [1.165, 1.54) is 0 Å². The van der Waals surface area contributed by atoms with Gasteiger partial charge in [0.1, 0.15) is 0 Å². The topological polar surface area (TPSA) is 17.1 Å². The summed E-state index contributed by atoms with van der Waals surface area (Å²) >= 11 is 0. The Bertz CT molecular complexity index is 1280. The zero-order valence-electron chi connectivity index (χ0n) is 16.1. The van der Waals surface area contributed by atoms with Gasteiger partial charge in [0.15, 0.2) is 5.78 Å². The lowest BCUT2D eigenvalue weighted by Crippen LogP contribution is -1.94. The Morgan fingerprint density at radius 2 is 0.800 bits per heavy atom. The summed E-state index contributed by atoms with van der Waals surface area (Å²) in [4.78, 5) is 12.8. The Balaban J connectivity index is 1.53. The highest BCUT2D eigenvalue weighted by Gasteiger charge is 2.26. The fourth-order valence-electron chi connectivity index (χ4n) is 3.56. The molecule has 0 saturated heterocycles. The summed E-state index contributed by atoms with van der Waals surface area (Å²) in [6, 6.07) is 31.4. The molecule has 0 fully saturated rings. The summed E-state index contributed by atoms with van der Waals surface area (Å²) in [5, 5.41) is 0. The summed E-state index contributed by atoms with van der Waals surface area (Å²) in [6.07, 6.45) is 0. The minimum atomic E-state index is 0.0603. The van der Waals surface area contributed by atoms with Gasteiger partial charge in [0.2, 0.25) is 0 Å². The second kappa shape index (κ2) is 7.59. The molecule has 1 aliphatic carbocycles. The van der Waals surface area contributed by atoms with E-state index in [1.54, 1.807) is 0 Å². The smallest absolute Gasteiger partial charge is 0.194 e. The van der Waals surface area contributed by atoms with E-state index in [1.807, 2.05) is 97.1 Å². The van der Waals surface area contributed by atoms with Gasteiger partial charge in [-0.05, 0) is 71.8 Å². The minimum Gasteiger partial charge on any atom is -0.289 e. The van der Waals surface area contributed by atoms with Crippen molar-refractivity contribution in [1.82, 2.24) is 0 Å². The number of ketones is 1. The van der Waals surface area contributed by atoms with Crippen molar-refractivity contribution in [2.24, 2.45) is 0 Å². The fourth-order valence-corrected chi connectivity index (χ4v) is 3.56. The predicted octanol–water partition coefficient (Wildman–Crippen LogP) is 5.70. The fraction of sp³-hybridized carbons (Fsp3) is 0. The molecule has 1 aliphatic rings. The molecule has 1 nitrogen and oxygen atoms in total. The average Bonchev–Trinajstić information content (AvgIpc) is 3.09. The van der Waals surface area contributed by atoms with Gasteiger partial charge < -0.3 is 0 Å². The van der Waals surface area contributed by atoms with Crippen molar-refractivity contribution in [2.45, 2.75) is 0 Å². The van der Waals surface area contributed by atoms with Crippen molar-refractivity contribution in [3.63, 3.8) is 0 Å². The molecule has 0 unspecified atom stereocenters. The molecule has 5 rings (SSSR count). The van der Waals surface area contributed by atoms with Crippen LogP contribution >= 0.6 is 0 Å². The van der Waals surface area contributed by atoms with E-state index in [2.05, 4.69) is 23.7 Å². The van der Waals surface area contributed by atoms with E-state index in [0.29, 0.717) is 0 Å². The maximum Gasteiger partial charge on any atom is 0.194 e. The third-order valence-electron chi connectivity index (χ3n) is 5.07. The van der Waals surface area contributed by atoms with E-state index in [9.17, 15) is 4.79 Å². The highest BCUT2D eigenvalue weighted by molar-refractivity contribution is 6.21. The van der Waals surface area contributed by atoms with E-state index >= 15 is 0 Å². The van der Waals surface area contributed by atoms with Crippen LogP contribution in [-0.4, -0.2) is 5.78 Å². The summed E-state index contributed by atoms with van der Waals surface area (Å²) in [5.41, 5.74) is 7.02. The van der Waals surface area contributed by atoms with Gasteiger partial charge in [-0.1, -0.05) is 60.1 Å². The second-order valence-electron chi connectivity index (χ2n) is 7.08. The lowest BCUT2D eigenvalue weighted by Gasteiger charge is -2.01. The molecule has 0 heterocycles. The normalized spacial score (nSPS) is 10.9. The third-order valence-corrected chi connectivity index (χ3v) is 5.07. The molecule has 0 bridgehead atoms. The molecule has 4 aromatic rings. The van der Waals surface area contributed by atoms with Gasteiger partial charge in [0, 0.05) is 33.4 Å². The van der Waals surface area contributed by atoms with Crippen molar-refractivity contribution in [2.75, 3.05) is 0 Å². The molecule has 4 aromatic carbocycles. The molecular formula is C29H16O. The maximum absolute atomic E-state index is 12.8. The standard InChI is InChI=1S/C29H16O/c30-29-25-17-15-23(13-11-21-7-3-1-4-8-21)19-27(25)28-20-24(16-18-26(28)29)14-12-22-9-5-2-6-10-22/h1-10,15-20H. The molecule has 0 spiro atoms. The molecule has 30 heavy (non-hydrogen) atoms. The molecule has 0 aromatic heterocycles. The Hall–Kier alpha value is -4.33. The first-order chi connectivity index (χ1) is 14.8. The van der Waals surface area contributed by atoms with Crippen LogP contribution in [0, 0.1) is 23.7 Å². The predicted molar refractivity (Wildman–Crippen MR) is 120 cm³/mol. The number of rotatable bonds is 0. The van der Waals surface area contributed by atoms with Crippen molar-refractivity contribution < 1.29 is 4.79 Å². The van der Waals surface area contributed by atoms with Crippen LogP contribution < -0.4 is 0 Å². The maximum atomic E-state index is 12.8. The number of fused-ring (bicyclic) bond motifs is 3. The van der Waals surface area contributed by atoms with Gasteiger partial charge in [0.05, 0.1) is 0 Å². The van der Waals surface area contributed by atoms with E-state index in [-0.39, 0.29) is 5.78 Å². The molecule has 0 atom stereocenters. The van der Waals surface area contributed by atoms with Crippen LogP contribution in [0.5, 0.6) is 0 Å². The van der Waals surface area contributed by atoms with Crippen molar-refractivity contribution >= 4 is 5.78 Å². The van der Waals surface area contributed by atoms with E-state index in [4.69, 9.17) is 0 Å². The first-order valence-corrected chi connectivity index (χ1v) is 9.75. The van der Waals surface area contributed by atoms with Crippen LogP contribution in [-0.2, 0) is 0 Å². The summed E-state index contributed by atoms with van der Waals surface area (Å²) in [7, 11) is 0. The SMILES string of the molecule is O=C1c2ccc(C#Cc3ccccc3)cc2-c2cc(C#Cc3ccccc3)ccc21. The number of carbonyl (C=O) groups excluding carboxylic acids is 1. The van der Waals surface area contributed by atoms with Gasteiger partial charge in [0.25, 0.3) is 0 Å². The molecule has 138 valence electrons. The number of carbonyl (C=O) groups is 1. The third kappa shape index (κ3) is 3.42. The monoisotopic (exact) mass is 380 g/mol. The Morgan fingerprint density at radius 1 is 0.400 bits per heavy atom. The highest BCUT2D eigenvalue weighted by atomic mass is 16.1. The Kier molecular flexibility index (Phi) is 4.49. The Labute approximate surface area is 176 Å². The average molecular weight is 380 g/mol.